The van der Waals surface area contributed by atoms with Crippen LogP contribution in [-0.4, -0.2) is 31.5 Å². The molecule has 2 aromatic carbocycles. The van der Waals surface area contributed by atoms with Crippen molar-refractivity contribution < 1.29 is 9.59 Å². The largest absolute Gasteiger partial charge is 0.370 e. The molecule has 10 heteroatoms. The Bertz CT molecular complexity index is 1500. The first-order valence-electron chi connectivity index (χ1n) is 10.8. The molecule has 172 valence electrons. The molecule has 0 fully saturated rings. The van der Waals surface area contributed by atoms with Gasteiger partial charge in [0, 0.05) is 13.8 Å². The van der Waals surface area contributed by atoms with Gasteiger partial charge in [-0.05, 0) is 24.3 Å². The van der Waals surface area contributed by atoms with E-state index in [1.807, 2.05) is 60.7 Å². The smallest absolute Gasteiger partial charge is 0.300 e. The molecule has 0 unspecified atom stereocenters. The van der Waals surface area contributed by atoms with Crippen LogP contribution in [0.4, 0.5) is 46.3 Å². The summed E-state index contributed by atoms with van der Waals surface area (Å²) in [6.45, 7) is 17.7. The van der Waals surface area contributed by atoms with Crippen LogP contribution in [0.3, 0.4) is 0 Å². The highest BCUT2D eigenvalue weighted by Crippen LogP contribution is 2.52. The number of aromatic nitrogens is 4. The predicted molar refractivity (Wildman–Crippen MR) is 133 cm³/mol. The fourth-order valence-electron chi connectivity index (χ4n) is 3.90. The van der Waals surface area contributed by atoms with Crippen molar-refractivity contribution in [3.63, 3.8) is 0 Å². The standard InChI is InChI=1S/C26H16N8O2/c1-15(35)19-20(16(2)36)30-24-23(29-19)33(17-11-7-5-8-12-17)25-26(32-22(28-4)21(27-3)31-25)34(24)18-13-9-6-10-14-18/h5-14H,1-2H3. The number of rotatable bonds is 4. The molecule has 0 atom stereocenters. The average Bonchev–Trinajstić information content (AvgIpc) is 2.90. The van der Waals surface area contributed by atoms with Gasteiger partial charge in [-0.25, -0.2) is 9.97 Å². The van der Waals surface area contributed by atoms with Crippen molar-refractivity contribution >= 4 is 57.8 Å². The number of benzene rings is 2. The number of hydrogen-bond donors (Lipinski definition) is 0. The Morgan fingerprint density at radius 2 is 0.944 bits per heavy atom. The van der Waals surface area contributed by atoms with Gasteiger partial charge in [-0.15, -0.1) is 9.97 Å². The normalized spacial score (nSPS) is 11.7. The van der Waals surface area contributed by atoms with Crippen molar-refractivity contribution in [2.24, 2.45) is 0 Å². The third-order valence-corrected chi connectivity index (χ3v) is 5.44. The average molecular weight is 472 g/mol. The molecular formula is C26H16N8O2. The molecule has 2 aromatic heterocycles. The molecule has 0 aliphatic carbocycles. The zero-order valence-electron chi connectivity index (χ0n) is 19.2. The van der Waals surface area contributed by atoms with Crippen LogP contribution < -0.4 is 9.80 Å². The van der Waals surface area contributed by atoms with Crippen LogP contribution in [-0.2, 0) is 0 Å². The summed E-state index contributed by atoms with van der Waals surface area (Å²) in [5, 5.41) is 0. The van der Waals surface area contributed by atoms with Crippen LogP contribution in [0.5, 0.6) is 0 Å². The fourth-order valence-corrected chi connectivity index (χ4v) is 3.90. The molecule has 1 aliphatic heterocycles. The van der Waals surface area contributed by atoms with Crippen LogP contribution in [0.25, 0.3) is 9.69 Å². The third kappa shape index (κ3) is 3.50. The van der Waals surface area contributed by atoms with Gasteiger partial charge >= 0.3 is 11.6 Å². The number of Topliss-reactive ketones (excluding diaryl/α,β-unsaturated/α-hetero) is 2. The van der Waals surface area contributed by atoms with Gasteiger partial charge in [-0.3, -0.25) is 19.4 Å². The van der Waals surface area contributed by atoms with Crippen LogP contribution in [0.1, 0.15) is 34.8 Å². The van der Waals surface area contributed by atoms with Gasteiger partial charge < -0.3 is 9.69 Å². The maximum absolute atomic E-state index is 12.5. The van der Waals surface area contributed by atoms with Gasteiger partial charge in [0.1, 0.15) is 11.4 Å². The minimum absolute atomic E-state index is 0.0743. The number of ketones is 2. The van der Waals surface area contributed by atoms with E-state index in [0.29, 0.717) is 11.4 Å². The number of hydrogen-bond acceptors (Lipinski definition) is 8. The summed E-state index contributed by atoms with van der Waals surface area (Å²) in [6.07, 6.45) is 0. The van der Waals surface area contributed by atoms with Crippen molar-refractivity contribution in [2.45, 2.75) is 13.8 Å². The lowest BCUT2D eigenvalue weighted by molar-refractivity contribution is 0.0973. The molecule has 0 N–H and O–H groups in total. The molecule has 1 aliphatic rings. The maximum atomic E-state index is 12.5. The van der Waals surface area contributed by atoms with Crippen molar-refractivity contribution in [3.05, 3.63) is 94.9 Å². The predicted octanol–water partition coefficient (Wildman–Crippen LogP) is 6.03. The van der Waals surface area contributed by atoms with Crippen molar-refractivity contribution in [2.75, 3.05) is 9.80 Å². The van der Waals surface area contributed by atoms with Crippen LogP contribution in [0.15, 0.2) is 60.7 Å². The quantitative estimate of drug-likeness (QED) is 0.231. The molecule has 4 aromatic rings. The van der Waals surface area contributed by atoms with Gasteiger partial charge in [0.2, 0.25) is 0 Å². The highest BCUT2D eigenvalue weighted by atomic mass is 16.1. The molecule has 0 radical (unpaired) electrons. The van der Waals surface area contributed by atoms with Gasteiger partial charge in [0.05, 0.1) is 11.4 Å². The van der Waals surface area contributed by atoms with Gasteiger partial charge in [0.25, 0.3) is 11.6 Å². The minimum atomic E-state index is -0.420. The summed E-state index contributed by atoms with van der Waals surface area (Å²) < 4.78 is 0. The van der Waals surface area contributed by atoms with E-state index in [4.69, 9.17) is 13.1 Å². The summed E-state index contributed by atoms with van der Waals surface area (Å²) in [6, 6.07) is 18.2. The number of para-hydroxylation sites is 2. The van der Waals surface area contributed by atoms with Crippen LogP contribution in [0.2, 0.25) is 0 Å². The molecule has 10 nitrogen and oxygen atoms in total. The highest BCUT2D eigenvalue weighted by Gasteiger charge is 2.42. The van der Waals surface area contributed by atoms with E-state index in [9.17, 15) is 9.59 Å². The first-order chi connectivity index (χ1) is 17.4. The summed E-state index contributed by atoms with van der Waals surface area (Å²) in [7, 11) is 0. The maximum Gasteiger partial charge on any atom is 0.300 e. The molecule has 36 heavy (non-hydrogen) atoms. The molecule has 5 rings (SSSR count). The van der Waals surface area contributed by atoms with E-state index in [2.05, 4.69) is 29.6 Å². The van der Waals surface area contributed by atoms with Gasteiger partial charge in [0.15, 0.2) is 23.2 Å². The van der Waals surface area contributed by atoms with Crippen molar-refractivity contribution in [1.82, 2.24) is 19.9 Å². The molecule has 0 spiro atoms. The summed E-state index contributed by atoms with van der Waals surface area (Å²) in [5.41, 5.74) is 1.09. The number of carbonyl (C=O) groups is 2. The number of anilines is 6. The second kappa shape index (κ2) is 8.70. The lowest BCUT2D eigenvalue weighted by Gasteiger charge is -2.33. The van der Waals surface area contributed by atoms with Crippen LogP contribution >= 0.6 is 0 Å². The Morgan fingerprint density at radius 1 is 0.611 bits per heavy atom. The number of carbonyl (C=O) groups excluding carboxylic acids is 2. The molecule has 0 saturated heterocycles. The number of nitrogens with zero attached hydrogens (tertiary/aromatic N) is 8. The fraction of sp³-hybridized carbons (Fsp3) is 0.0769. The lowest BCUT2D eigenvalue weighted by atomic mass is 10.1. The highest BCUT2D eigenvalue weighted by molar-refractivity contribution is 6.07. The van der Waals surface area contributed by atoms with E-state index in [-0.39, 0.29) is 46.3 Å². The van der Waals surface area contributed by atoms with E-state index in [1.54, 1.807) is 9.80 Å². The Morgan fingerprint density at radius 3 is 1.25 bits per heavy atom. The Hall–Kier alpha value is -5.48. The molecule has 0 saturated carbocycles. The second-order valence-corrected chi connectivity index (χ2v) is 7.76. The van der Waals surface area contributed by atoms with Crippen molar-refractivity contribution in [3.8, 4) is 0 Å². The van der Waals surface area contributed by atoms with Gasteiger partial charge in [-0.1, -0.05) is 49.5 Å². The monoisotopic (exact) mass is 472 g/mol. The van der Waals surface area contributed by atoms with Crippen LogP contribution in [0, 0.1) is 13.1 Å². The first kappa shape index (κ1) is 22.3. The Kier molecular flexibility index (Phi) is 5.40. The molecule has 0 bridgehead atoms. The zero-order valence-corrected chi connectivity index (χ0v) is 19.2. The van der Waals surface area contributed by atoms with Gasteiger partial charge in [-0.2, -0.15) is 0 Å². The number of fused-ring (bicyclic) bond motifs is 2. The molecule has 0 amide bonds. The minimum Gasteiger partial charge on any atom is -0.370 e. The molecular weight excluding hydrogens is 456 g/mol. The zero-order chi connectivity index (χ0) is 25.4. The summed E-state index contributed by atoms with van der Waals surface area (Å²) >= 11 is 0. The SMILES string of the molecule is [C-]#[N+]c1nc2c(nc1[N+]#[C-])N(c1ccccc1)c1nc(C(C)=O)c(C(C)=O)nc1N2c1ccccc1. The summed E-state index contributed by atoms with van der Waals surface area (Å²) in [5.74, 6) is -0.246. The topological polar surface area (TPSA) is 101 Å². The van der Waals surface area contributed by atoms with E-state index in [1.165, 1.54) is 13.8 Å². The molecule has 3 heterocycles. The third-order valence-electron chi connectivity index (χ3n) is 5.44. The first-order valence-corrected chi connectivity index (χ1v) is 10.8. The Labute approximate surface area is 206 Å². The lowest BCUT2D eigenvalue weighted by Crippen LogP contribution is -2.29. The van der Waals surface area contributed by atoms with Crippen molar-refractivity contribution in [1.29, 1.82) is 0 Å². The van der Waals surface area contributed by atoms with E-state index >= 15 is 0 Å². The Balaban J connectivity index is 1.95. The second-order valence-electron chi connectivity index (χ2n) is 7.76. The van der Waals surface area contributed by atoms with E-state index in [0.717, 1.165) is 0 Å². The van der Waals surface area contributed by atoms with E-state index < -0.39 is 11.6 Å². The summed E-state index contributed by atoms with van der Waals surface area (Å²) in [4.78, 5) is 53.3.